The topological polar surface area (TPSA) is 17.1 Å². The molecule has 0 aromatic rings. The molecule has 2 aliphatic carbocycles. The first-order valence-electron chi connectivity index (χ1n) is 5.06. The second kappa shape index (κ2) is 2.83. The minimum Gasteiger partial charge on any atom is -0.298 e. The van der Waals surface area contributed by atoms with Crippen molar-refractivity contribution in [1.29, 1.82) is 0 Å². The van der Waals surface area contributed by atoms with E-state index >= 15 is 0 Å². The Morgan fingerprint density at radius 3 is 2.69 bits per heavy atom. The molecule has 0 heterocycles. The number of hydrogen-bond acceptors (Lipinski definition) is 1. The van der Waals surface area contributed by atoms with Crippen LogP contribution in [0.2, 0.25) is 0 Å². The summed E-state index contributed by atoms with van der Waals surface area (Å²) in [6.07, 6.45) is 8.17. The summed E-state index contributed by atoms with van der Waals surface area (Å²) >= 11 is 0. The first-order chi connectivity index (χ1) is 6.15. The van der Waals surface area contributed by atoms with Gasteiger partial charge in [0.15, 0.2) is 0 Å². The number of rotatable bonds is 1. The molecule has 0 atom stereocenters. The van der Waals surface area contributed by atoms with Crippen LogP contribution in [0.3, 0.4) is 0 Å². The summed E-state index contributed by atoms with van der Waals surface area (Å²) in [6, 6.07) is 0. The molecule has 1 fully saturated rings. The van der Waals surface area contributed by atoms with E-state index in [0.29, 0.717) is 0 Å². The van der Waals surface area contributed by atoms with Gasteiger partial charge in [0.1, 0.15) is 6.29 Å². The summed E-state index contributed by atoms with van der Waals surface area (Å²) in [5, 5.41) is 0. The number of fused-ring (bicyclic) bond motifs is 1. The van der Waals surface area contributed by atoms with Crippen molar-refractivity contribution in [1.82, 2.24) is 0 Å². The third-order valence-electron chi connectivity index (χ3n) is 3.18. The Kier molecular flexibility index (Phi) is 1.90. The first kappa shape index (κ1) is 8.74. The van der Waals surface area contributed by atoms with Gasteiger partial charge in [0, 0.05) is 11.0 Å². The quantitative estimate of drug-likeness (QED) is 0.561. The zero-order valence-corrected chi connectivity index (χ0v) is 8.39. The van der Waals surface area contributed by atoms with Crippen LogP contribution in [0.1, 0.15) is 39.5 Å². The van der Waals surface area contributed by atoms with Crippen LogP contribution in [0.4, 0.5) is 0 Å². The van der Waals surface area contributed by atoms with E-state index in [4.69, 9.17) is 0 Å². The van der Waals surface area contributed by atoms with Gasteiger partial charge >= 0.3 is 0 Å². The molecule has 0 aromatic heterocycles. The lowest BCUT2D eigenvalue weighted by molar-refractivity contribution is -0.105. The number of allylic oxidation sites excluding steroid dienone is 4. The van der Waals surface area contributed by atoms with Gasteiger partial charge in [-0.1, -0.05) is 19.9 Å². The minimum atomic E-state index is -0.00322. The molecule has 13 heavy (non-hydrogen) atoms. The highest BCUT2D eigenvalue weighted by molar-refractivity contribution is 5.81. The smallest absolute Gasteiger partial charge is 0.147 e. The zero-order valence-electron chi connectivity index (χ0n) is 8.39. The molecule has 0 amide bonds. The highest BCUT2D eigenvalue weighted by Gasteiger charge is 2.32. The summed E-state index contributed by atoms with van der Waals surface area (Å²) in [5.41, 5.74) is 3.82. The van der Waals surface area contributed by atoms with Gasteiger partial charge in [0.25, 0.3) is 0 Å². The zero-order chi connectivity index (χ0) is 9.47. The Labute approximate surface area is 79.5 Å². The molecule has 1 heteroatoms. The lowest BCUT2D eigenvalue weighted by atomic mass is 9.86. The molecule has 0 aromatic carbocycles. The molecule has 0 unspecified atom stereocenters. The molecule has 70 valence electrons. The van der Waals surface area contributed by atoms with Crippen molar-refractivity contribution >= 4 is 6.29 Å². The summed E-state index contributed by atoms with van der Waals surface area (Å²) in [4.78, 5) is 11.0. The summed E-state index contributed by atoms with van der Waals surface area (Å²) < 4.78 is 0. The summed E-state index contributed by atoms with van der Waals surface area (Å²) in [6.45, 7) is 4.27. The van der Waals surface area contributed by atoms with Gasteiger partial charge in [0.05, 0.1) is 0 Å². The van der Waals surface area contributed by atoms with Crippen LogP contribution in [-0.4, -0.2) is 6.29 Å². The molecule has 0 spiro atoms. The standard InChI is InChI=1S/C12H16O/c1-12(2)7-9-5-3-4-6-10(9)11(12)8-13/h7-8H,3-6H2,1-2H3. The van der Waals surface area contributed by atoms with Crippen molar-refractivity contribution < 1.29 is 4.79 Å². The average molecular weight is 176 g/mol. The van der Waals surface area contributed by atoms with Crippen molar-refractivity contribution in [3.63, 3.8) is 0 Å². The molecule has 2 aliphatic rings. The molecule has 1 nitrogen and oxygen atoms in total. The van der Waals surface area contributed by atoms with Crippen LogP contribution in [-0.2, 0) is 4.79 Å². The second-order valence-electron chi connectivity index (χ2n) is 4.61. The third-order valence-corrected chi connectivity index (χ3v) is 3.18. The van der Waals surface area contributed by atoms with Crippen molar-refractivity contribution in [3.8, 4) is 0 Å². The Morgan fingerprint density at radius 2 is 2.00 bits per heavy atom. The van der Waals surface area contributed by atoms with Crippen LogP contribution < -0.4 is 0 Å². The van der Waals surface area contributed by atoms with Gasteiger partial charge in [-0.05, 0) is 36.8 Å². The molecule has 0 radical (unpaired) electrons. The van der Waals surface area contributed by atoms with Crippen LogP contribution in [0.25, 0.3) is 0 Å². The lowest BCUT2D eigenvalue weighted by Gasteiger charge is -2.17. The van der Waals surface area contributed by atoms with Gasteiger partial charge < -0.3 is 0 Å². The number of carbonyl (C=O) groups excluding carboxylic acids is 1. The summed E-state index contributed by atoms with van der Waals surface area (Å²) in [7, 11) is 0. The van der Waals surface area contributed by atoms with Gasteiger partial charge in [-0.15, -0.1) is 0 Å². The molecule has 0 bridgehead atoms. The highest BCUT2D eigenvalue weighted by atomic mass is 16.1. The van der Waals surface area contributed by atoms with Crippen LogP contribution in [0.5, 0.6) is 0 Å². The third kappa shape index (κ3) is 1.27. The highest BCUT2D eigenvalue weighted by Crippen LogP contribution is 2.45. The van der Waals surface area contributed by atoms with E-state index in [2.05, 4.69) is 19.9 Å². The average Bonchev–Trinajstić information content (AvgIpc) is 2.33. The maximum Gasteiger partial charge on any atom is 0.147 e. The van der Waals surface area contributed by atoms with Crippen LogP contribution >= 0.6 is 0 Å². The molecule has 0 aliphatic heterocycles. The Balaban J connectivity index is 2.46. The van der Waals surface area contributed by atoms with Crippen LogP contribution in [0.15, 0.2) is 22.8 Å². The number of hydrogen-bond donors (Lipinski definition) is 0. The molecule has 0 saturated heterocycles. The Bertz CT molecular complexity index is 305. The van der Waals surface area contributed by atoms with Crippen LogP contribution in [0, 0.1) is 5.41 Å². The minimum absolute atomic E-state index is 0.00322. The molecular formula is C12H16O. The lowest BCUT2D eigenvalue weighted by Crippen LogP contribution is -2.10. The SMILES string of the molecule is CC1(C)C=C2CCCCC2=C1C=O. The number of carbonyl (C=O) groups is 1. The predicted octanol–water partition coefficient (Wildman–Crippen LogP) is 3.02. The van der Waals surface area contributed by atoms with E-state index in [1.807, 2.05) is 0 Å². The van der Waals surface area contributed by atoms with E-state index in [0.717, 1.165) is 18.3 Å². The van der Waals surface area contributed by atoms with E-state index in [1.54, 1.807) is 0 Å². The Hall–Kier alpha value is -0.850. The molecule has 1 saturated carbocycles. The fourth-order valence-corrected chi connectivity index (χ4v) is 2.52. The van der Waals surface area contributed by atoms with Crippen molar-refractivity contribution in [2.75, 3.05) is 0 Å². The second-order valence-corrected chi connectivity index (χ2v) is 4.61. The fourth-order valence-electron chi connectivity index (χ4n) is 2.52. The van der Waals surface area contributed by atoms with E-state index in [-0.39, 0.29) is 5.41 Å². The van der Waals surface area contributed by atoms with Crippen molar-refractivity contribution in [3.05, 3.63) is 22.8 Å². The van der Waals surface area contributed by atoms with E-state index in [1.165, 1.54) is 30.4 Å². The largest absolute Gasteiger partial charge is 0.298 e. The molecule has 2 rings (SSSR count). The van der Waals surface area contributed by atoms with Gasteiger partial charge in [-0.2, -0.15) is 0 Å². The van der Waals surface area contributed by atoms with E-state index < -0.39 is 0 Å². The van der Waals surface area contributed by atoms with Gasteiger partial charge in [-0.3, -0.25) is 4.79 Å². The predicted molar refractivity (Wildman–Crippen MR) is 53.4 cm³/mol. The van der Waals surface area contributed by atoms with Crippen molar-refractivity contribution in [2.24, 2.45) is 5.41 Å². The van der Waals surface area contributed by atoms with Gasteiger partial charge in [-0.25, -0.2) is 0 Å². The Morgan fingerprint density at radius 1 is 1.31 bits per heavy atom. The molecule has 0 N–H and O–H groups in total. The van der Waals surface area contributed by atoms with E-state index in [9.17, 15) is 4.79 Å². The molecular weight excluding hydrogens is 160 g/mol. The monoisotopic (exact) mass is 176 g/mol. The maximum atomic E-state index is 11.0. The summed E-state index contributed by atoms with van der Waals surface area (Å²) in [5.74, 6) is 0. The first-order valence-corrected chi connectivity index (χ1v) is 5.06. The number of aldehydes is 1. The maximum absolute atomic E-state index is 11.0. The van der Waals surface area contributed by atoms with Crippen molar-refractivity contribution in [2.45, 2.75) is 39.5 Å². The fraction of sp³-hybridized carbons (Fsp3) is 0.583. The normalized spacial score (nSPS) is 25.5. The van der Waals surface area contributed by atoms with Gasteiger partial charge in [0.2, 0.25) is 0 Å².